The first kappa shape index (κ1) is 23.8. The number of para-hydroxylation sites is 1. The van der Waals surface area contributed by atoms with Gasteiger partial charge in [-0.1, -0.05) is 72.4 Å². The number of hydrogen-bond acceptors (Lipinski definition) is 5. The topological polar surface area (TPSA) is 81.3 Å². The van der Waals surface area contributed by atoms with E-state index >= 15 is 0 Å². The molecular weight excluding hydrogens is 470 g/mol. The summed E-state index contributed by atoms with van der Waals surface area (Å²) in [6.45, 7) is 6.51. The van der Waals surface area contributed by atoms with Crippen LogP contribution in [0.15, 0.2) is 82.7 Å². The van der Waals surface area contributed by atoms with Crippen molar-refractivity contribution >= 4 is 34.3 Å². The van der Waals surface area contributed by atoms with Crippen LogP contribution in [-0.2, 0) is 11.3 Å². The monoisotopic (exact) mass is 497 g/mol. The molecule has 5 aromatic rings. The van der Waals surface area contributed by atoms with Gasteiger partial charge < -0.3 is 5.32 Å². The maximum atomic E-state index is 13.3. The van der Waals surface area contributed by atoms with Crippen molar-refractivity contribution < 1.29 is 4.79 Å². The third-order valence-electron chi connectivity index (χ3n) is 6.40. The van der Waals surface area contributed by atoms with E-state index in [-0.39, 0.29) is 23.3 Å². The van der Waals surface area contributed by atoms with Gasteiger partial charge in [0.2, 0.25) is 11.7 Å². The molecule has 0 saturated heterocycles. The first-order valence-corrected chi connectivity index (χ1v) is 12.8. The molecule has 0 spiro atoms. The maximum absolute atomic E-state index is 13.3. The number of rotatable bonds is 7. The molecule has 0 saturated carbocycles. The largest absolute Gasteiger partial charge is 0.349 e. The first-order chi connectivity index (χ1) is 17.4. The lowest BCUT2D eigenvalue weighted by Crippen LogP contribution is -2.28. The summed E-state index contributed by atoms with van der Waals surface area (Å²) < 4.78 is 3.50. The highest BCUT2D eigenvalue weighted by molar-refractivity contribution is 7.99. The Labute approximate surface area is 213 Å². The molecule has 3 aromatic carbocycles. The Morgan fingerprint density at radius 3 is 2.50 bits per heavy atom. The van der Waals surface area contributed by atoms with Crippen LogP contribution in [0.5, 0.6) is 0 Å². The van der Waals surface area contributed by atoms with Gasteiger partial charge in [-0.2, -0.15) is 0 Å². The van der Waals surface area contributed by atoms with Gasteiger partial charge in [0.1, 0.15) is 0 Å². The second kappa shape index (κ2) is 9.99. The number of aromatic nitrogens is 4. The molecular formula is C28H27N5O2S. The third-order valence-corrected chi connectivity index (χ3v) is 7.33. The van der Waals surface area contributed by atoms with Crippen LogP contribution in [0.2, 0.25) is 0 Å². The van der Waals surface area contributed by atoms with Crippen molar-refractivity contribution in [1.29, 1.82) is 0 Å². The lowest BCUT2D eigenvalue weighted by atomic mass is 10.0. The summed E-state index contributed by atoms with van der Waals surface area (Å²) in [6.07, 6.45) is 0. The molecule has 0 radical (unpaired) electrons. The van der Waals surface area contributed by atoms with E-state index in [0.29, 0.717) is 22.9 Å². The van der Waals surface area contributed by atoms with Crippen molar-refractivity contribution in [2.75, 3.05) is 5.75 Å². The van der Waals surface area contributed by atoms with Crippen molar-refractivity contribution in [3.8, 4) is 0 Å². The second-order valence-electron chi connectivity index (χ2n) is 8.93. The van der Waals surface area contributed by atoms with Crippen molar-refractivity contribution in [2.24, 2.45) is 0 Å². The van der Waals surface area contributed by atoms with Gasteiger partial charge in [0, 0.05) is 0 Å². The normalized spacial score (nSPS) is 12.2. The average molecular weight is 498 g/mol. The fourth-order valence-corrected chi connectivity index (χ4v) is 5.02. The molecule has 7 nitrogen and oxygen atoms in total. The van der Waals surface area contributed by atoms with E-state index < -0.39 is 0 Å². The molecule has 0 aliphatic carbocycles. The van der Waals surface area contributed by atoms with Crippen LogP contribution in [0.3, 0.4) is 0 Å². The highest BCUT2D eigenvalue weighted by Crippen LogP contribution is 2.23. The Bertz CT molecular complexity index is 1620. The summed E-state index contributed by atoms with van der Waals surface area (Å²) in [5.74, 6) is 0.542. The zero-order valence-electron chi connectivity index (χ0n) is 20.4. The van der Waals surface area contributed by atoms with Crippen molar-refractivity contribution in [1.82, 2.24) is 24.5 Å². The molecule has 0 fully saturated rings. The SMILES string of the molecule is Cc1ccc(C(C)NC(=O)CSc2nnc3n(Cc4ccccc4)c(=O)c4ccccc4n23)cc1C. The zero-order valence-corrected chi connectivity index (χ0v) is 21.2. The standard InChI is InChI=1S/C28H27N5O2S/c1-18-13-14-22(15-19(18)2)20(3)29-25(34)17-36-28-31-30-27-32(16-21-9-5-4-6-10-21)26(35)23-11-7-8-12-24(23)33(27)28/h4-15,20H,16-17H2,1-3H3,(H,29,34). The molecule has 1 N–H and O–H groups in total. The number of carbonyl (C=O) groups is 1. The Morgan fingerprint density at radius 1 is 0.972 bits per heavy atom. The molecule has 2 aromatic heterocycles. The highest BCUT2D eigenvalue weighted by Gasteiger charge is 2.18. The summed E-state index contributed by atoms with van der Waals surface area (Å²) in [4.78, 5) is 26.1. The van der Waals surface area contributed by atoms with Crippen LogP contribution < -0.4 is 10.9 Å². The van der Waals surface area contributed by atoms with E-state index in [0.717, 1.165) is 16.6 Å². The fraction of sp³-hybridized carbons (Fsp3) is 0.214. The lowest BCUT2D eigenvalue weighted by Gasteiger charge is -2.15. The van der Waals surface area contributed by atoms with Gasteiger partial charge in [-0.3, -0.25) is 18.6 Å². The number of fused-ring (bicyclic) bond motifs is 3. The van der Waals surface area contributed by atoms with Gasteiger partial charge in [0.05, 0.1) is 29.2 Å². The van der Waals surface area contributed by atoms with Crippen LogP contribution in [-0.4, -0.2) is 30.8 Å². The fourth-order valence-electron chi connectivity index (χ4n) is 4.27. The van der Waals surface area contributed by atoms with Crippen LogP contribution in [0.4, 0.5) is 0 Å². The smallest absolute Gasteiger partial charge is 0.263 e. The molecule has 36 heavy (non-hydrogen) atoms. The molecule has 0 bridgehead atoms. The third kappa shape index (κ3) is 4.64. The van der Waals surface area contributed by atoms with Gasteiger partial charge in [-0.05, 0) is 55.2 Å². The van der Waals surface area contributed by atoms with Crippen LogP contribution in [0.25, 0.3) is 16.7 Å². The molecule has 1 unspecified atom stereocenters. The second-order valence-corrected chi connectivity index (χ2v) is 9.88. The minimum Gasteiger partial charge on any atom is -0.349 e. The van der Waals surface area contributed by atoms with Crippen molar-refractivity contribution in [2.45, 2.75) is 38.5 Å². The number of hydrogen-bond donors (Lipinski definition) is 1. The Balaban J connectivity index is 1.42. The molecule has 1 amide bonds. The van der Waals surface area contributed by atoms with E-state index in [1.807, 2.05) is 72.0 Å². The van der Waals surface area contributed by atoms with E-state index in [1.165, 1.54) is 22.9 Å². The van der Waals surface area contributed by atoms with Gasteiger partial charge >= 0.3 is 0 Å². The summed E-state index contributed by atoms with van der Waals surface area (Å²) in [7, 11) is 0. The predicted octanol–water partition coefficient (Wildman–Crippen LogP) is 4.68. The molecule has 0 aliphatic heterocycles. The summed E-state index contributed by atoms with van der Waals surface area (Å²) in [5, 5.41) is 12.9. The van der Waals surface area contributed by atoms with Gasteiger partial charge in [-0.15, -0.1) is 10.2 Å². The number of amides is 1. The first-order valence-electron chi connectivity index (χ1n) is 11.8. The number of carbonyl (C=O) groups excluding carboxylic acids is 1. The minimum absolute atomic E-state index is 0.0932. The van der Waals surface area contributed by atoms with E-state index in [1.54, 1.807) is 4.57 Å². The molecule has 182 valence electrons. The van der Waals surface area contributed by atoms with Crippen LogP contribution in [0.1, 0.15) is 35.2 Å². The van der Waals surface area contributed by atoms with E-state index in [2.05, 4.69) is 41.5 Å². The van der Waals surface area contributed by atoms with Gasteiger partial charge in [0.25, 0.3) is 5.56 Å². The molecule has 8 heteroatoms. The minimum atomic E-state index is -0.120. The summed E-state index contributed by atoms with van der Waals surface area (Å²) in [5.41, 5.74) is 5.09. The summed E-state index contributed by atoms with van der Waals surface area (Å²) in [6, 6.07) is 23.3. The number of nitrogens with zero attached hydrogens (tertiary/aromatic N) is 4. The van der Waals surface area contributed by atoms with Crippen molar-refractivity contribution in [3.05, 3.63) is 105 Å². The molecule has 2 heterocycles. The Morgan fingerprint density at radius 2 is 1.72 bits per heavy atom. The lowest BCUT2D eigenvalue weighted by molar-refractivity contribution is -0.119. The number of aryl methyl sites for hydroxylation is 2. The number of benzene rings is 3. The molecule has 5 rings (SSSR count). The maximum Gasteiger partial charge on any atom is 0.263 e. The van der Waals surface area contributed by atoms with Gasteiger partial charge in [0.15, 0.2) is 5.16 Å². The van der Waals surface area contributed by atoms with Crippen LogP contribution >= 0.6 is 11.8 Å². The number of nitrogens with one attached hydrogen (secondary N) is 1. The Hall–Kier alpha value is -3.91. The Kier molecular flexibility index (Phi) is 6.61. The number of thioether (sulfide) groups is 1. The molecule has 1 atom stereocenters. The van der Waals surface area contributed by atoms with E-state index in [9.17, 15) is 9.59 Å². The van der Waals surface area contributed by atoms with Crippen LogP contribution in [0, 0.1) is 13.8 Å². The van der Waals surface area contributed by atoms with E-state index in [4.69, 9.17) is 0 Å². The van der Waals surface area contributed by atoms with Gasteiger partial charge in [-0.25, -0.2) is 0 Å². The zero-order chi connectivity index (χ0) is 25.2. The summed E-state index contributed by atoms with van der Waals surface area (Å²) >= 11 is 1.31. The average Bonchev–Trinajstić information content (AvgIpc) is 3.31. The predicted molar refractivity (Wildman–Crippen MR) is 143 cm³/mol. The molecule has 0 aliphatic rings. The quantitative estimate of drug-likeness (QED) is 0.330. The van der Waals surface area contributed by atoms with Crippen molar-refractivity contribution in [3.63, 3.8) is 0 Å². The highest BCUT2D eigenvalue weighted by atomic mass is 32.2.